The standard InChI is InChI=1S/C18H22N8O2/c1-10-8-28-9-11-5-13(16(19)14(6-11)25(2)20)23-15-3-4-26-17(24-15)12(7-21-26)18(27)22-10/h3-7,10H,8-9,19-20H2,1-2H3,(H,22,27)(H,23,24). The first-order valence-corrected chi connectivity index (χ1v) is 8.83. The summed E-state index contributed by atoms with van der Waals surface area (Å²) in [5.74, 6) is 6.22. The predicted molar refractivity (Wildman–Crippen MR) is 106 cm³/mol. The quantitative estimate of drug-likeness (QED) is 0.278. The van der Waals surface area contributed by atoms with Crippen LogP contribution in [0.3, 0.4) is 0 Å². The van der Waals surface area contributed by atoms with Crippen LogP contribution in [0.1, 0.15) is 22.8 Å². The van der Waals surface area contributed by atoms with Crippen LogP contribution in [0.25, 0.3) is 5.65 Å². The molecule has 0 aliphatic carbocycles. The second kappa shape index (κ2) is 6.98. The van der Waals surface area contributed by atoms with Crippen molar-refractivity contribution in [2.45, 2.75) is 19.6 Å². The second-order valence-electron chi connectivity index (χ2n) is 6.84. The van der Waals surface area contributed by atoms with Crippen molar-refractivity contribution in [2.75, 3.05) is 29.7 Å². The lowest BCUT2D eigenvalue weighted by Crippen LogP contribution is -2.36. The highest BCUT2D eigenvalue weighted by Crippen LogP contribution is 2.33. The number of carbonyl (C=O) groups is 1. The summed E-state index contributed by atoms with van der Waals surface area (Å²) in [5, 5.41) is 11.8. The number of nitrogens with two attached hydrogens (primary N) is 2. The summed E-state index contributed by atoms with van der Waals surface area (Å²) in [6.45, 7) is 2.58. The zero-order valence-corrected chi connectivity index (χ0v) is 15.6. The number of aromatic nitrogens is 3. The smallest absolute Gasteiger partial charge is 0.257 e. The Labute approximate surface area is 161 Å². The van der Waals surface area contributed by atoms with E-state index in [1.165, 1.54) is 11.2 Å². The molecule has 4 rings (SSSR count). The van der Waals surface area contributed by atoms with Crippen LogP contribution < -0.4 is 27.2 Å². The molecule has 1 unspecified atom stereocenters. The van der Waals surface area contributed by atoms with E-state index in [-0.39, 0.29) is 11.9 Å². The fourth-order valence-corrected chi connectivity index (χ4v) is 3.11. The minimum absolute atomic E-state index is 0.184. The molecule has 0 saturated carbocycles. The molecular weight excluding hydrogens is 360 g/mol. The Hall–Kier alpha value is -3.37. The SMILES string of the molecule is CC1COCc2cc(c(N)c(N(C)N)c2)Nc2ccn3ncc(c3n2)C(=O)N1. The fraction of sp³-hybridized carbons (Fsp3) is 0.278. The van der Waals surface area contributed by atoms with Crippen molar-refractivity contribution in [3.8, 4) is 0 Å². The molecule has 1 aliphatic heterocycles. The van der Waals surface area contributed by atoms with Crippen LogP contribution in [0, 0.1) is 0 Å². The summed E-state index contributed by atoms with van der Waals surface area (Å²) in [6.07, 6.45) is 3.23. The summed E-state index contributed by atoms with van der Waals surface area (Å²) >= 11 is 0. The van der Waals surface area contributed by atoms with Crippen molar-refractivity contribution in [3.05, 3.63) is 41.7 Å². The normalized spacial score (nSPS) is 17.1. The lowest BCUT2D eigenvalue weighted by molar-refractivity contribution is 0.0821. The van der Waals surface area contributed by atoms with Crippen molar-refractivity contribution in [3.63, 3.8) is 0 Å². The van der Waals surface area contributed by atoms with Crippen molar-refractivity contribution in [1.82, 2.24) is 19.9 Å². The summed E-state index contributed by atoms with van der Waals surface area (Å²) in [4.78, 5) is 17.1. The maximum Gasteiger partial charge on any atom is 0.257 e. The Morgan fingerprint density at radius 3 is 3.00 bits per heavy atom. The Balaban J connectivity index is 1.85. The Bertz CT molecular complexity index is 1050. The van der Waals surface area contributed by atoms with E-state index < -0.39 is 0 Å². The van der Waals surface area contributed by atoms with Crippen LogP contribution in [0.5, 0.6) is 0 Å². The van der Waals surface area contributed by atoms with Gasteiger partial charge in [0.25, 0.3) is 5.91 Å². The van der Waals surface area contributed by atoms with E-state index in [2.05, 4.69) is 20.7 Å². The third-order valence-corrected chi connectivity index (χ3v) is 4.49. The molecular formula is C18H22N8O2. The third-order valence-electron chi connectivity index (χ3n) is 4.49. The maximum absolute atomic E-state index is 12.6. The van der Waals surface area contributed by atoms with Crippen molar-refractivity contribution in [2.24, 2.45) is 5.84 Å². The van der Waals surface area contributed by atoms with Gasteiger partial charge in [-0.3, -0.25) is 4.79 Å². The van der Waals surface area contributed by atoms with Gasteiger partial charge in [0.2, 0.25) is 0 Å². The number of anilines is 4. The molecule has 146 valence electrons. The molecule has 28 heavy (non-hydrogen) atoms. The number of nitrogen functional groups attached to an aromatic ring is 1. The molecule has 10 nitrogen and oxygen atoms in total. The van der Waals surface area contributed by atoms with E-state index in [4.69, 9.17) is 16.3 Å². The average molecular weight is 382 g/mol. The predicted octanol–water partition coefficient (Wildman–Crippen LogP) is 1.01. The molecule has 1 atom stereocenters. The van der Waals surface area contributed by atoms with Gasteiger partial charge in [0.1, 0.15) is 11.4 Å². The van der Waals surface area contributed by atoms with Gasteiger partial charge >= 0.3 is 0 Å². The fourth-order valence-electron chi connectivity index (χ4n) is 3.11. The highest BCUT2D eigenvalue weighted by Gasteiger charge is 2.18. The number of hydrogen-bond acceptors (Lipinski definition) is 8. The first kappa shape index (κ1) is 18.0. The van der Waals surface area contributed by atoms with Crippen LogP contribution in [-0.4, -0.2) is 40.2 Å². The number of hydrazine groups is 1. The molecule has 3 heterocycles. The molecule has 0 radical (unpaired) electrons. The number of nitrogens with zero attached hydrogens (tertiary/aromatic N) is 4. The van der Waals surface area contributed by atoms with Crippen LogP contribution in [-0.2, 0) is 11.3 Å². The van der Waals surface area contributed by atoms with Gasteiger partial charge in [-0.2, -0.15) is 5.10 Å². The molecule has 1 aliphatic rings. The summed E-state index contributed by atoms with van der Waals surface area (Å²) < 4.78 is 7.33. The second-order valence-corrected chi connectivity index (χ2v) is 6.84. The van der Waals surface area contributed by atoms with Crippen molar-refractivity contribution < 1.29 is 9.53 Å². The van der Waals surface area contributed by atoms with Crippen LogP contribution in [0.2, 0.25) is 0 Å². The summed E-state index contributed by atoms with van der Waals surface area (Å²) in [6, 6.07) is 5.35. The van der Waals surface area contributed by atoms with Gasteiger partial charge in [-0.1, -0.05) is 0 Å². The van der Waals surface area contributed by atoms with E-state index in [9.17, 15) is 4.79 Å². The Kier molecular flexibility index (Phi) is 4.49. The highest BCUT2D eigenvalue weighted by molar-refractivity contribution is 6.00. The monoisotopic (exact) mass is 382 g/mol. The molecule has 2 aromatic heterocycles. The Morgan fingerprint density at radius 2 is 2.21 bits per heavy atom. The largest absolute Gasteiger partial charge is 0.395 e. The van der Waals surface area contributed by atoms with Gasteiger partial charge in [-0.15, -0.1) is 0 Å². The molecule has 0 spiro atoms. The minimum Gasteiger partial charge on any atom is -0.395 e. The van der Waals surface area contributed by atoms with Gasteiger partial charge in [0, 0.05) is 19.3 Å². The number of amides is 1. The number of rotatable bonds is 1. The zero-order chi connectivity index (χ0) is 19.8. The van der Waals surface area contributed by atoms with Crippen molar-refractivity contribution in [1.29, 1.82) is 0 Å². The topological polar surface area (TPSA) is 136 Å². The molecule has 1 amide bonds. The number of benzene rings is 1. The molecule has 0 saturated heterocycles. The average Bonchev–Trinajstić information content (AvgIpc) is 3.06. The first-order chi connectivity index (χ1) is 13.4. The van der Waals surface area contributed by atoms with E-state index >= 15 is 0 Å². The zero-order valence-electron chi connectivity index (χ0n) is 15.6. The summed E-state index contributed by atoms with van der Waals surface area (Å²) in [5.41, 5.74) is 9.83. The van der Waals surface area contributed by atoms with Crippen LogP contribution in [0.4, 0.5) is 22.9 Å². The number of hydrogen-bond donors (Lipinski definition) is 4. The van der Waals surface area contributed by atoms with E-state index in [1.807, 2.05) is 19.1 Å². The van der Waals surface area contributed by atoms with Crippen molar-refractivity contribution >= 4 is 34.4 Å². The van der Waals surface area contributed by atoms with Gasteiger partial charge < -0.3 is 26.1 Å². The van der Waals surface area contributed by atoms with Gasteiger partial charge in [-0.25, -0.2) is 15.3 Å². The summed E-state index contributed by atoms with van der Waals surface area (Å²) in [7, 11) is 1.72. The third kappa shape index (κ3) is 3.30. The number of carbonyl (C=O) groups excluding carboxylic acids is 1. The molecule has 4 bridgehead atoms. The maximum atomic E-state index is 12.6. The molecule has 1 aromatic carbocycles. The number of nitrogens with one attached hydrogen (secondary N) is 2. The molecule has 10 heteroatoms. The molecule has 3 aromatic rings. The molecule has 0 fully saturated rings. The highest BCUT2D eigenvalue weighted by atomic mass is 16.5. The lowest BCUT2D eigenvalue weighted by Gasteiger charge is -2.21. The van der Waals surface area contributed by atoms with E-state index in [0.717, 1.165) is 5.56 Å². The van der Waals surface area contributed by atoms with E-state index in [1.54, 1.807) is 23.8 Å². The van der Waals surface area contributed by atoms with Crippen LogP contribution in [0.15, 0.2) is 30.6 Å². The number of fused-ring (bicyclic) bond motifs is 3. The number of ether oxygens (including phenoxy) is 1. The van der Waals surface area contributed by atoms with Gasteiger partial charge in [0.15, 0.2) is 5.65 Å². The lowest BCUT2D eigenvalue weighted by atomic mass is 10.1. The minimum atomic E-state index is -0.252. The first-order valence-electron chi connectivity index (χ1n) is 8.83. The van der Waals surface area contributed by atoms with Crippen LogP contribution >= 0.6 is 0 Å². The van der Waals surface area contributed by atoms with Gasteiger partial charge in [-0.05, 0) is 30.7 Å². The van der Waals surface area contributed by atoms with E-state index in [0.29, 0.717) is 47.3 Å². The Morgan fingerprint density at radius 1 is 1.39 bits per heavy atom. The van der Waals surface area contributed by atoms with Gasteiger partial charge in [0.05, 0.1) is 36.5 Å². The molecule has 6 N–H and O–H groups in total.